The average Bonchev–Trinajstić information content (AvgIpc) is 2.62. The van der Waals surface area contributed by atoms with Gasteiger partial charge < -0.3 is 5.32 Å². The molecule has 1 N–H and O–H groups in total. The van der Waals surface area contributed by atoms with Gasteiger partial charge in [0.15, 0.2) is 5.78 Å². The number of ketones is 1. The zero-order valence-corrected chi connectivity index (χ0v) is 13.7. The molecular formula is C19H17N3O3. The monoisotopic (exact) mass is 335 g/mol. The third kappa shape index (κ3) is 3.80. The Bertz CT molecular complexity index is 991. The molecule has 3 rings (SSSR count). The van der Waals surface area contributed by atoms with Crippen LogP contribution in [0.3, 0.4) is 0 Å². The van der Waals surface area contributed by atoms with Crippen molar-refractivity contribution in [3.05, 3.63) is 70.5 Å². The SMILES string of the molecule is CC(=O)c1ccc(NC(=O)CCn2ncc(=O)c3ccccc32)cc1. The summed E-state index contributed by atoms with van der Waals surface area (Å²) in [7, 11) is 0. The van der Waals surface area contributed by atoms with Gasteiger partial charge in [-0.1, -0.05) is 12.1 Å². The minimum Gasteiger partial charge on any atom is -0.326 e. The van der Waals surface area contributed by atoms with Crippen LogP contribution in [-0.2, 0) is 11.3 Å². The Morgan fingerprint density at radius 1 is 1.08 bits per heavy atom. The number of amides is 1. The normalized spacial score (nSPS) is 10.6. The number of anilines is 1. The number of carbonyl (C=O) groups excluding carboxylic acids is 2. The number of carbonyl (C=O) groups is 2. The molecule has 0 bridgehead atoms. The molecule has 0 saturated carbocycles. The summed E-state index contributed by atoms with van der Waals surface area (Å²) in [5, 5.41) is 7.47. The Balaban J connectivity index is 1.68. The van der Waals surface area contributed by atoms with E-state index >= 15 is 0 Å². The summed E-state index contributed by atoms with van der Waals surface area (Å²) in [6.07, 6.45) is 1.48. The molecule has 0 spiro atoms. The standard InChI is InChI=1S/C19H17N3O3/c1-13(23)14-6-8-15(9-7-14)21-19(25)10-11-22-17-5-3-2-4-16(17)18(24)12-20-22/h2-9,12H,10-11H2,1H3,(H,21,25). The highest BCUT2D eigenvalue weighted by Gasteiger charge is 2.07. The Morgan fingerprint density at radius 2 is 1.80 bits per heavy atom. The van der Waals surface area contributed by atoms with Gasteiger partial charge in [-0.15, -0.1) is 0 Å². The van der Waals surface area contributed by atoms with Gasteiger partial charge in [0, 0.05) is 23.1 Å². The number of aryl methyl sites for hydroxylation is 1. The highest BCUT2D eigenvalue weighted by Crippen LogP contribution is 2.12. The Morgan fingerprint density at radius 3 is 2.52 bits per heavy atom. The van der Waals surface area contributed by atoms with Crippen molar-refractivity contribution < 1.29 is 9.59 Å². The zero-order valence-electron chi connectivity index (χ0n) is 13.7. The fraction of sp³-hybridized carbons (Fsp3) is 0.158. The molecule has 0 aliphatic heterocycles. The van der Waals surface area contributed by atoms with E-state index in [2.05, 4.69) is 10.4 Å². The van der Waals surface area contributed by atoms with Gasteiger partial charge in [-0.3, -0.25) is 19.1 Å². The van der Waals surface area contributed by atoms with Gasteiger partial charge in [-0.05, 0) is 43.3 Å². The fourth-order valence-electron chi connectivity index (χ4n) is 2.56. The van der Waals surface area contributed by atoms with Crippen LogP contribution in [0.2, 0.25) is 0 Å². The summed E-state index contributed by atoms with van der Waals surface area (Å²) in [6, 6.07) is 13.9. The molecule has 1 heterocycles. The molecule has 3 aromatic rings. The lowest BCUT2D eigenvalue weighted by atomic mass is 10.1. The molecule has 0 radical (unpaired) electrons. The number of fused-ring (bicyclic) bond motifs is 1. The summed E-state index contributed by atoms with van der Waals surface area (Å²) < 4.78 is 1.65. The predicted molar refractivity (Wildman–Crippen MR) is 95.7 cm³/mol. The van der Waals surface area contributed by atoms with Crippen molar-refractivity contribution in [1.29, 1.82) is 0 Å². The Kier molecular flexibility index (Phi) is 4.70. The third-order valence-electron chi connectivity index (χ3n) is 3.89. The number of rotatable bonds is 5. The topological polar surface area (TPSA) is 81.1 Å². The van der Waals surface area contributed by atoms with Crippen LogP contribution in [0.5, 0.6) is 0 Å². The molecule has 0 aliphatic carbocycles. The average molecular weight is 335 g/mol. The summed E-state index contributed by atoms with van der Waals surface area (Å²) in [6.45, 7) is 1.85. The van der Waals surface area contributed by atoms with Crippen LogP contribution in [0, 0.1) is 0 Å². The molecule has 126 valence electrons. The number of nitrogens with zero attached hydrogens (tertiary/aromatic N) is 2. The maximum absolute atomic E-state index is 12.1. The maximum Gasteiger partial charge on any atom is 0.226 e. The number of Topliss-reactive ketones (excluding diaryl/α,β-unsaturated/α-hetero) is 1. The number of hydrogen-bond donors (Lipinski definition) is 1. The Labute approximate surface area is 144 Å². The summed E-state index contributed by atoms with van der Waals surface area (Å²) >= 11 is 0. The predicted octanol–water partition coefficient (Wildman–Crippen LogP) is 2.63. The molecule has 25 heavy (non-hydrogen) atoms. The van der Waals surface area contributed by atoms with Crippen LogP contribution in [-0.4, -0.2) is 21.5 Å². The molecule has 1 aromatic heterocycles. The highest BCUT2D eigenvalue weighted by molar-refractivity contribution is 5.95. The number of para-hydroxylation sites is 1. The summed E-state index contributed by atoms with van der Waals surface area (Å²) in [4.78, 5) is 35.2. The molecule has 1 amide bonds. The van der Waals surface area contributed by atoms with E-state index in [1.165, 1.54) is 13.1 Å². The summed E-state index contributed by atoms with van der Waals surface area (Å²) in [5.41, 5.74) is 1.80. The van der Waals surface area contributed by atoms with Gasteiger partial charge in [-0.2, -0.15) is 5.10 Å². The second kappa shape index (κ2) is 7.09. The van der Waals surface area contributed by atoms with E-state index in [1.54, 1.807) is 41.1 Å². The minimum absolute atomic E-state index is 0.0194. The van der Waals surface area contributed by atoms with E-state index in [4.69, 9.17) is 0 Å². The minimum atomic E-state index is -0.167. The molecule has 6 heteroatoms. The maximum atomic E-state index is 12.1. The van der Waals surface area contributed by atoms with Crippen molar-refractivity contribution in [2.45, 2.75) is 19.9 Å². The molecular weight excluding hydrogens is 318 g/mol. The first-order valence-electron chi connectivity index (χ1n) is 7.90. The quantitative estimate of drug-likeness (QED) is 0.727. The number of benzene rings is 2. The van der Waals surface area contributed by atoms with Crippen LogP contribution in [0.1, 0.15) is 23.7 Å². The van der Waals surface area contributed by atoms with Crippen molar-refractivity contribution in [3.63, 3.8) is 0 Å². The number of hydrogen-bond acceptors (Lipinski definition) is 4. The van der Waals surface area contributed by atoms with Crippen LogP contribution < -0.4 is 10.7 Å². The van der Waals surface area contributed by atoms with Crippen molar-refractivity contribution in [2.75, 3.05) is 5.32 Å². The van der Waals surface area contributed by atoms with Crippen LogP contribution in [0.15, 0.2) is 59.5 Å². The van der Waals surface area contributed by atoms with Crippen LogP contribution in [0.4, 0.5) is 5.69 Å². The molecule has 0 atom stereocenters. The number of aromatic nitrogens is 2. The molecule has 0 fully saturated rings. The van der Waals surface area contributed by atoms with Gasteiger partial charge in [0.05, 0.1) is 18.3 Å². The smallest absolute Gasteiger partial charge is 0.226 e. The lowest BCUT2D eigenvalue weighted by Gasteiger charge is -2.09. The van der Waals surface area contributed by atoms with E-state index in [0.29, 0.717) is 28.7 Å². The van der Waals surface area contributed by atoms with Gasteiger partial charge in [0.25, 0.3) is 0 Å². The molecule has 0 saturated heterocycles. The first-order chi connectivity index (χ1) is 12.0. The summed E-state index contributed by atoms with van der Waals surface area (Å²) in [5.74, 6) is -0.186. The first kappa shape index (κ1) is 16.6. The van der Waals surface area contributed by atoms with E-state index in [0.717, 1.165) is 0 Å². The molecule has 6 nitrogen and oxygen atoms in total. The van der Waals surface area contributed by atoms with Crippen molar-refractivity contribution in [1.82, 2.24) is 9.78 Å². The molecule has 0 aliphatic rings. The lowest BCUT2D eigenvalue weighted by molar-refractivity contribution is -0.116. The van der Waals surface area contributed by atoms with Gasteiger partial charge >= 0.3 is 0 Å². The Hall–Kier alpha value is -3.28. The van der Waals surface area contributed by atoms with E-state index in [1.807, 2.05) is 12.1 Å². The zero-order chi connectivity index (χ0) is 17.8. The van der Waals surface area contributed by atoms with Crippen LogP contribution in [0.25, 0.3) is 10.9 Å². The second-order valence-corrected chi connectivity index (χ2v) is 5.68. The van der Waals surface area contributed by atoms with E-state index < -0.39 is 0 Å². The van der Waals surface area contributed by atoms with Crippen LogP contribution >= 0.6 is 0 Å². The van der Waals surface area contributed by atoms with Crippen molar-refractivity contribution in [2.24, 2.45) is 0 Å². The number of nitrogens with one attached hydrogen (secondary N) is 1. The fourth-order valence-corrected chi connectivity index (χ4v) is 2.56. The van der Waals surface area contributed by atoms with Crippen molar-refractivity contribution in [3.8, 4) is 0 Å². The van der Waals surface area contributed by atoms with Gasteiger partial charge in [0.2, 0.25) is 11.3 Å². The van der Waals surface area contributed by atoms with E-state index in [9.17, 15) is 14.4 Å². The van der Waals surface area contributed by atoms with Gasteiger partial charge in [-0.25, -0.2) is 0 Å². The highest BCUT2D eigenvalue weighted by atomic mass is 16.1. The van der Waals surface area contributed by atoms with E-state index in [-0.39, 0.29) is 23.5 Å². The second-order valence-electron chi connectivity index (χ2n) is 5.68. The lowest BCUT2D eigenvalue weighted by Crippen LogP contribution is -2.18. The molecule has 2 aromatic carbocycles. The largest absolute Gasteiger partial charge is 0.326 e. The third-order valence-corrected chi connectivity index (χ3v) is 3.89. The molecule has 0 unspecified atom stereocenters. The first-order valence-corrected chi connectivity index (χ1v) is 7.90. The van der Waals surface area contributed by atoms with Gasteiger partial charge in [0.1, 0.15) is 0 Å². The van der Waals surface area contributed by atoms with Crippen molar-refractivity contribution >= 4 is 28.3 Å².